The van der Waals surface area contributed by atoms with Gasteiger partial charge in [0.2, 0.25) is 0 Å². The molecule has 1 fully saturated rings. The van der Waals surface area contributed by atoms with Crippen LogP contribution >= 0.6 is 15.9 Å². The molecule has 2 aromatic rings. The summed E-state index contributed by atoms with van der Waals surface area (Å²) >= 11 is 3.56. The molecule has 1 N–H and O–H groups in total. The summed E-state index contributed by atoms with van der Waals surface area (Å²) in [6, 6.07) is 11.4. The van der Waals surface area contributed by atoms with Gasteiger partial charge in [-0.05, 0) is 43.0 Å². The van der Waals surface area contributed by atoms with Crippen molar-refractivity contribution in [2.75, 3.05) is 18.4 Å². The van der Waals surface area contributed by atoms with Gasteiger partial charge in [0, 0.05) is 30.3 Å². The summed E-state index contributed by atoms with van der Waals surface area (Å²) in [6.45, 7) is 3.90. The van der Waals surface area contributed by atoms with E-state index < -0.39 is 0 Å². The van der Waals surface area contributed by atoms with E-state index in [2.05, 4.69) is 27.3 Å². The summed E-state index contributed by atoms with van der Waals surface area (Å²) in [5.41, 5.74) is 1.42. The van der Waals surface area contributed by atoms with Crippen molar-refractivity contribution >= 4 is 27.6 Å². The number of nitrogens with zero attached hydrogens (tertiary/aromatic N) is 2. The number of hydrogen-bond donors (Lipinski definition) is 1. The molecule has 2 amide bonds. The number of anilines is 1. The Kier molecular flexibility index (Phi) is 5.04. The van der Waals surface area contributed by atoms with E-state index in [0.717, 1.165) is 10.9 Å². The molecule has 2 heterocycles. The van der Waals surface area contributed by atoms with Crippen molar-refractivity contribution in [1.29, 1.82) is 0 Å². The molecule has 0 radical (unpaired) electrons. The molecule has 1 aromatic heterocycles. The Balaban J connectivity index is 1.56. The van der Waals surface area contributed by atoms with Gasteiger partial charge in [-0.25, -0.2) is 4.79 Å². The standard InChI is InChI=1S/C18H20BrN3O2/c1-2-21-9-5-8-16(17(21)23)20-18(24)22-11-13(12-22)10-14-6-3-4-7-15(14)19/h3-9,13H,2,10-12H2,1H3,(H,20,24). The number of aryl methyl sites for hydroxylation is 1. The third-order valence-corrected chi connectivity index (χ3v) is 5.09. The van der Waals surface area contributed by atoms with Crippen LogP contribution in [-0.2, 0) is 13.0 Å². The van der Waals surface area contributed by atoms with E-state index in [-0.39, 0.29) is 11.6 Å². The normalized spacial score (nSPS) is 14.3. The van der Waals surface area contributed by atoms with Gasteiger partial charge >= 0.3 is 6.03 Å². The van der Waals surface area contributed by atoms with Gasteiger partial charge in [-0.2, -0.15) is 0 Å². The molecule has 0 saturated carbocycles. The lowest BCUT2D eigenvalue weighted by molar-refractivity contribution is 0.131. The van der Waals surface area contributed by atoms with Gasteiger partial charge in [0.05, 0.1) is 0 Å². The zero-order valence-electron chi connectivity index (χ0n) is 13.5. The molecule has 3 rings (SSSR count). The Bertz CT molecular complexity index is 797. The molecule has 5 nitrogen and oxygen atoms in total. The number of hydrogen-bond acceptors (Lipinski definition) is 2. The average Bonchev–Trinajstić information content (AvgIpc) is 2.54. The van der Waals surface area contributed by atoms with Crippen LogP contribution in [0.2, 0.25) is 0 Å². The summed E-state index contributed by atoms with van der Waals surface area (Å²) in [4.78, 5) is 26.1. The highest BCUT2D eigenvalue weighted by molar-refractivity contribution is 9.10. The Morgan fingerprint density at radius 2 is 2.00 bits per heavy atom. The van der Waals surface area contributed by atoms with Gasteiger partial charge in [0.25, 0.3) is 5.56 Å². The number of rotatable bonds is 4. The zero-order chi connectivity index (χ0) is 17.1. The molecule has 126 valence electrons. The monoisotopic (exact) mass is 389 g/mol. The van der Waals surface area contributed by atoms with E-state index in [4.69, 9.17) is 0 Å². The van der Waals surface area contributed by atoms with Crippen LogP contribution in [0, 0.1) is 5.92 Å². The van der Waals surface area contributed by atoms with Crippen LogP contribution in [0.1, 0.15) is 12.5 Å². The smallest absolute Gasteiger partial charge is 0.322 e. The Morgan fingerprint density at radius 3 is 2.71 bits per heavy atom. The van der Waals surface area contributed by atoms with E-state index in [1.807, 2.05) is 25.1 Å². The first kappa shape index (κ1) is 16.8. The fourth-order valence-corrected chi connectivity index (χ4v) is 3.36. The lowest BCUT2D eigenvalue weighted by Crippen LogP contribution is -2.52. The Hall–Kier alpha value is -2.08. The van der Waals surface area contributed by atoms with Crippen molar-refractivity contribution < 1.29 is 4.79 Å². The maximum atomic E-state index is 12.3. The second-order valence-corrected chi connectivity index (χ2v) is 6.86. The third kappa shape index (κ3) is 3.53. The number of carbonyl (C=O) groups excluding carboxylic acids is 1. The molecule has 0 aliphatic carbocycles. The maximum Gasteiger partial charge on any atom is 0.322 e. The fourth-order valence-electron chi connectivity index (χ4n) is 2.91. The van der Waals surface area contributed by atoms with E-state index in [1.54, 1.807) is 27.8 Å². The second kappa shape index (κ2) is 7.21. The summed E-state index contributed by atoms with van der Waals surface area (Å²) in [5, 5.41) is 2.73. The van der Waals surface area contributed by atoms with Crippen molar-refractivity contribution in [1.82, 2.24) is 9.47 Å². The van der Waals surface area contributed by atoms with Crippen LogP contribution in [-0.4, -0.2) is 28.6 Å². The molecule has 6 heteroatoms. The molecule has 0 unspecified atom stereocenters. The number of amides is 2. The van der Waals surface area contributed by atoms with Crippen LogP contribution in [0.5, 0.6) is 0 Å². The van der Waals surface area contributed by atoms with Crippen molar-refractivity contribution in [3.63, 3.8) is 0 Å². The largest absolute Gasteiger partial charge is 0.324 e. The number of benzene rings is 1. The van der Waals surface area contributed by atoms with Gasteiger partial charge in [-0.1, -0.05) is 34.1 Å². The van der Waals surface area contributed by atoms with Crippen LogP contribution in [0.4, 0.5) is 10.5 Å². The predicted molar refractivity (Wildman–Crippen MR) is 98.3 cm³/mol. The van der Waals surface area contributed by atoms with Crippen LogP contribution in [0.15, 0.2) is 51.9 Å². The van der Waals surface area contributed by atoms with E-state index >= 15 is 0 Å². The van der Waals surface area contributed by atoms with E-state index in [0.29, 0.717) is 31.2 Å². The molecule has 0 bridgehead atoms. The highest BCUT2D eigenvalue weighted by Crippen LogP contribution is 2.25. The SMILES string of the molecule is CCn1cccc(NC(=O)N2CC(Cc3ccccc3Br)C2)c1=O. The first-order valence-corrected chi connectivity index (χ1v) is 8.86. The topological polar surface area (TPSA) is 54.3 Å². The van der Waals surface area contributed by atoms with Gasteiger partial charge < -0.3 is 14.8 Å². The molecular weight excluding hydrogens is 370 g/mol. The van der Waals surface area contributed by atoms with Crippen molar-refractivity contribution in [2.45, 2.75) is 19.9 Å². The van der Waals surface area contributed by atoms with E-state index in [1.165, 1.54) is 5.56 Å². The van der Waals surface area contributed by atoms with Crippen molar-refractivity contribution in [2.24, 2.45) is 5.92 Å². The molecule has 0 atom stereocenters. The molecule has 1 aliphatic rings. The van der Waals surface area contributed by atoms with Gasteiger partial charge in [-0.3, -0.25) is 4.79 Å². The van der Waals surface area contributed by atoms with E-state index in [9.17, 15) is 9.59 Å². The quantitative estimate of drug-likeness (QED) is 0.871. The Labute approximate surface area is 149 Å². The number of likely N-dealkylation sites (tertiary alicyclic amines) is 1. The third-order valence-electron chi connectivity index (χ3n) is 4.31. The maximum absolute atomic E-state index is 12.3. The van der Waals surface area contributed by atoms with Crippen LogP contribution < -0.4 is 10.9 Å². The summed E-state index contributed by atoms with van der Waals surface area (Å²) in [5.74, 6) is 0.456. The van der Waals surface area contributed by atoms with Crippen LogP contribution in [0.25, 0.3) is 0 Å². The highest BCUT2D eigenvalue weighted by Gasteiger charge is 2.31. The molecule has 1 aromatic carbocycles. The Morgan fingerprint density at radius 1 is 1.25 bits per heavy atom. The summed E-state index contributed by atoms with van der Waals surface area (Å²) in [6.07, 6.45) is 2.66. The fraction of sp³-hybridized carbons (Fsp3) is 0.333. The minimum absolute atomic E-state index is 0.168. The average molecular weight is 390 g/mol. The minimum Gasteiger partial charge on any atom is -0.324 e. The first-order valence-electron chi connectivity index (χ1n) is 8.07. The minimum atomic E-state index is -0.204. The van der Waals surface area contributed by atoms with Gasteiger partial charge in [0.1, 0.15) is 5.69 Å². The van der Waals surface area contributed by atoms with Crippen molar-refractivity contribution in [3.05, 3.63) is 63.0 Å². The number of nitrogens with one attached hydrogen (secondary N) is 1. The zero-order valence-corrected chi connectivity index (χ0v) is 15.1. The molecule has 0 spiro atoms. The van der Waals surface area contributed by atoms with Crippen LogP contribution in [0.3, 0.4) is 0 Å². The summed E-state index contributed by atoms with van der Waals surface area (Å²) in [7, 11) is 0. The van der Waals surface area contributed by atoms with Crippen molar-refractivity contribution in [3.8, 4) is 0 Å². The number of pyridine rings is 1. The summed E-state index contributed by atoms with van der Waals surface area (Å²) < 4.78 is 2.68. The molecule has 1 aliphatic heterocycles. The number of halogens is 1. The predicted octanol–water partition coefficient (Wildman–Crippen LogP) is 3.34. The van der Waals surface area contributed by atoms with Gasteiger partial charge in [0.15, 0.2) is 0 Å². The molecule has 1 saturated heterocycles. The lowest BCUT2D eigenvalue weighted by Gasteiger charge is -2.39. The first-order chi connectivity index (χ1) is 11.6. The number of carbonyl (C=O) groups is 1. The number of urea groups is 1. The molecule has 24 heavy (non-hydrogen) atoms. The number of aromatic nitrogens is 1. The lowest BCUT2D eigenvalue weighted by atomic mass is 9.92. The van der Waals surface area contributed by atoms with Gasteiger partial charge in [-0.15, -0.1) is 0 Å². The highest BCUT2D eigenvalue weighted by atomic mass is 79.9. The molecular formula is C18H20BrN3O2. The second-order valence-electron chi connectivity index (χ2n) is 6.01.